The highest BCUT2D eigenvalue weighted by Crippen LogP contribution is 2.36. The molecular weight excluding hydrogens is 722 g/mol. The summed E-state index contributed by atoms with van der Waals surface area (Å²) in [5, 5.41) is 0.239. The molecule has 1 saturated heterocycles. The molecule has 45 heavy (non-hydrogen) atoms. The number of rotatable bonds is 10. The average molecular weight is 749 g/mol. The molecule has 4 aromatic carbocycles. The number of benzene rings is 4. The van der Waals surface area contributed by atoms with Gasteiger partial charge >= 0.3 is 0 Å². The molecule has 4 aromatic rings. The van der Waals surface area contributed by atoms with Crippen LogP contribution in [-0.4, -0.2) is 57.5 Å². The van der Waals surface area contributed by atoms with Gasteiger partial charge in [-0.05, 0) is 47.5 Å². The summed E-state index contributed by atoms with van der Waals surface area (Å²) < 4.78 is 86.2. The van der Waals surface area contributed by atoms with E-state index in [2.05, 4.69) is 0 Å². The van der Waals surface area contributed by atoms with Crippen LogP contribution in [0.25, 0.3) is 0 Å². The molecule has 238 valence electrons. The fraction of sp³-hybridized carbons (Fsp3) is 0.200. The number of sulfonamides is 2. The van der Waals surface area contributed by atoms with Crippen molar-refractivity contribution in [3.8, 4) is 0 Å². The van der Waals surface area contributed by atoms with Crippen molar-refractivity contribution in [1.82, 2.24) is 8.61 Å². The SMILES string of the molecule is O=S1(=O)C[C@@H](N(Cc2ccccc2)S(=O)(=O)c2ccc(Cl)c(Cl)c2)[C@H](N(Cc2ccccc2)S(=O)(=O)c2ccc(Cl)c(Cl)c2)C1. The molecule has 0 saturated carbocycles. The Morgan fingerprint density at radius 1 is 0.556 bits per heavy atom. The Morgan fingerprint density at radius 3 is 1.24 bits per heavy atom. The molecule has 2 atom stereocenters. The molecule has 0 unspecified atom stereocenters. The van der Waals surface area contributed by atoms with Crippen LogP contribution in [-0.2, 0) is 43.0 Å². The van der Waals surface area contributed by atoms with Crippen LogP contribution in [0.2, 0.25) is 20.1 Å². The number of hydrogen-bond donors (Lipinski definition) is 0. The van der Waals surface area contributed by atoms with Gasteiger partial charge in [-0.25, -0.2) is 25.3 Å². The Kier molecular flexibility index (Phi) is 10.2. The van der Waals surface area contributed by atoms with E-state index in [-0.39, 0.29) is 43.0 Å². The maximum absolute atomic E-state index is 14.4. The summed E-state index contributed by atoms with van der Waals surface area (Å²) in [6.07, 6.45) is 0. The summed E-state index contributed by atoms with van der Waals surface area (Å²) >= 11 is 24.5. The summed E-state index contributed by atoms with van der Waals surface area (Å²) in [6.45, 7) is -0.488. The fourth-order valence-electron chi connectivity index (χ4n) is 5.19. The summed E-state index contributed by atoms with van der Waals surface area (Å²) in [6, 6.07) is 22.1. The van der Waals surface area contributed by atoms with Crippen molar-refractivity contribution < 1.29 is 25.3 Å². The zero-order valence-corrected chi connectivity index (χ0v) is 28.8. The normalized spacial score (nSPS) is 18.4. The lowest BCUT2D eigenvalue weighted by Gasteiger charge is -2.37. The summed E-state index contributed by atoms with van der Waals surface area (Å²) in [4.78, 5) is -0.448. The van der Waals surface area contributed by atoms with Gasteiger partial charge in [0.05, 0.1) is 53.5 Å². The Hall–Kier alpha value is -2.19. The summed E-state index contributed by atoms with van der Waals surface area (Å²) in [7, 11) is -12.9. The predicted octanol–water partition coefficient (Wildman–Crippen LogP) is 6.55. The first kappa shape index (κ1) is 34.2. The second-order valence-corrected chi connectivity index (χ2v) is 18.0. The minimum atomic E-state index is -4.47. The van der Waals surface area contributed by atoms with Crippen LogP contribution >= 0.6 is 46.4 Å². The molecule has 1 heterocycles. The van der Waals surface area contributed by atoms with Gasteiger partial charge in [-0.3, -0.25) is 0 Å². The minimum Gasteiger partial charge on any atom is -0.229 e. The lowest BCUT2D eigenvalue weighted by Crippen LogP contribution is -2.54. The molecule has 5 rings (SSSR count). The van der Waals surface area contributed by atoms with Crippen molar-refractivity contribution in [3.63, 3.8) is 0 Å². The number of hydrogen-bond acceptors (Lipinski definition) is 6. The minimum absolute atomic E-state index is 0.0131. The molecule has 0 spiro atoms. The molecular formula is C30H26Cl4N2O6S3. The average Bonchev–Trinajstić information content (AvgIpc) is 3.32. The van der Waals surface area contributed by atoms with Gasteiger partial charge < -0.3 is 0 Å². The molecule has 0 amide bonds. The monoisotopic (exact) mass is 746 g/mol. The van der Waals surface area contributed by atoms with Gasteiger partial charge in [0.15, 0.2) is 9.84 Å². The van der Waals surface area contributed by atoms with E-state index in [1.54, 1.807) is 60.7 Å². The Labute approximate surface area is 283 Å². The van der Waals surface area contributed by atoms with E-state index in [9.17, 15) is 25.3 Å². The second kappa shape index (κ2) is 13.5. The van der Waals surface area contributed by atoms with E-state index in [0.717, 1.165) is 8.61 Å². The molecule has 8 nitrogen and oxygen atoms in total. The molecule has 0 aromatic heterocycles. The number of halogens is 4. The third kappa shape index (κ3) is 7.53. The van der Waals surface area contributed by atoms with Crippen LogP contribution < -0.4 is 0 Å². The van der Waals surface area contributed by atoms with Gasteiger partial charge in [0.25, 0.3) is 0 Å². The molecule has 1 aliphatic heterocycles. The topological polar surface area (TPSA) is 109 Å². The summed E-state index contributed by atoms with van der Waals surface area (Å²) in [5.41, 5.74) is 1.12. The first-order valence-electron chi connectivity index (χ1n) is 13.4. The van der Waals surface area contributed by atoms with Crippen LogP contribution in [0.4, 0.5) is 0 Å². The van der Waals surface area contributed by atoms with Crippen molar-refractivity contribution in [1.29, 1.82) is 0 Å². The van der Waals surface area contributed by atoms with Gasteiger partial charge in [0.2, 0.25) is 20.0 Å². The molecule has 0 aliphatic carbocycles. The smallest absolute Gasteiger partial charge is 0.229 e. The third-order valence-corrected chi connectivity index (χ3v) is 14.3. The van der Waals surface area contributed by atoms with Crippen molar-refractivity contribution in [2.75, 3.05) is 11.5 Å². The Morgan fingerprint density at radius 2 is 0.911 bits per heavy atom. The van der Waals surface area contributed by atoms with E-state index < -0.39 is 53.5 Å². The number of sulfone groups is 1. The first-order valence-corrected chi connectivity index (χ1v) is 19.6. The van der Waals surface area contributed by atoms with E-state index in [1.165, 1.54) is 36.4 Å². The van der Waals surface area contributed by atoms with Gasteiger partial charge in [-0.1, -0.05) is 107 Å². The van der Waals surface area contributed by atoms with Crippen LogP contribution in [0.5, 0.6) is 0 Å². The standard InChI is InChI=1S/C30H26Cl4N2O6S3/c31-25-13-11-23(15-27(25)33)44(39,40)35(17-21-7-3-1-4-8-21)29-19-43(37,38)20-30(29)36(18-22-9-5-2-6-10-22)45(41,42)24-12-14-26(32)28(34)16-24/h1-16,29-30H,17-20H2/t29-,30-/m1/s1. The quantitative estimate of drug-likeness (QED) is 0.182. The van der Waals surface area contributed by atoms with Gasteiger partial charge in [0.1, 0.15) is 0 Å². The zero-order chi connectivity index (χ0) is 32.6. The van der Waals surface area contributed by atoms with Crippen molar-refractivity contribution in [2.45, 2.75) is 35.0 Å². The van der Waals surface area contributed by atoms with Crippen molar-refractivity contribution in [3.05, 3.63) is 128 Å². The maximum Gasteiger partial charge on any atom is 0.243 e. The van der Waals surface area contributed by atoms with Gasteiger partial charge in [-0.2, -0.15) is 8.61 Å². The Bertz CT molecular complexity index is 1890. The lowest BCUT2D eigenvalue weighted by atomic mass is 10.1. The molecule has 0 N–H and O–H groups in total. The van der Waals surface area contributed by atoms with Gasteiger partial charge in [0, 0.05) is 13.1 Å². The van der Waals surface area contributed by atoms with Crippen LogP contribution in [0.15, 0.2) is 107 Å². The van der Waals surface area contributed by atoms with E-state index >= 15 is 0 Å². The van der Waals surface area contributed by atoms with E-state index in [4.69, 9.17) is 46.4 Å². The van der Waals surface area contributed by atoms with Crippen molar-refractivity contribution >= 4 is 76.3 Å². The Balaban J connectivity index is 1.69. The van der Waals surface area contributed by atoms with Crippen LogP contribution in [0, 0.1) is 0 Å². The molecule has 0 bridgehead atoms. The molecule has 1 fully saturated rings. The van der Waals surface area contributed by atoms with Crippen molar-refractivity contribution in [2.24, 2.45) is 0 Å². The second-order valence-electron chi connectivity index (χ2n) is 10.4. The number of nitrogens with zero attached hydrogens (tertiary/aromatic N) is 2. The predicted molar refractivity (Wildman–Crippen MR) is 177 cm³/mol. The highest BCUT2D eigenvalue weighted by Gasteiger charge is 2.50. The maximum atomic E-state index is 14.4. The van der Waals surface area contributed by atoms with Crippen LogP contribution in [0.3, 0.4) is 0 Å². The lowest BCUT2D eigenvalue weighted by molar-refractivity contribution is 0.219. The largest absolute Gasteiger partial charge is 0.243 e. The van der Waals surface area contributed by atoms with Crippen LogP contribution in [0.1, 0.15) is 11.1 Å². The summed E-state index contributed by atoms with van der Waals surface area (Å²) in [5.74, 6) is -1.24. The first-order chi connectivity index (χ1) is 21.2. The highest BCUT2D eigenvalue weighted by atomic mass is 35.5. The van der Waals surface area contributed by atoms with Gasteiger partial charge in [-0.15, -0.1) is 0 Å². The highest BCUT2D eigenvalue weighted by molar-refractivity contribution is 7.92. The molecule has 1 aliphatic rings. The third-order valence-electron chi connectivity index (χ3n) is 7.39. The fourth-order valence-corrected chi connectivity index (χ4v) is 11.4. The molecule has 0 radical (unpaired) electrons. The zero-order valence-electron chi connectivity index (χ0n) is 23.3. The van der Waals surface area contributed by atoms with E-state index in [1.807, 2.05) is 0 Å². The molecule has 15 heteroatoms. The van der Waals surface area contributed by atoms with E-state index in [0.29, 0.717) is 11.1 Å².